The number of methoxy groups -OCH3 is 1. The molecule has 2 aromatic carbocycles. The van der Waals surface area contributed by atoms with Gasteiger partial charge in [-0.1, -0.05) is 32.0 Å². The highest BCUT2D eigenvalue weighted by Crippen LogP contribution is 2.37. The van der Waals surface area contributed by atoms with Gasteiger partial charge in [0.25, 0.3) is 11.8 Å². The van der Waals surface area contributed by atoms with Crippen LogP contribution >= 0.6 is 0 Å². The Hall–Kier alpha value is -3.84. The lowest BCUT2D eigenvalue weighted by molar-refractivity contribution is -0.110. The maximum absolute atomic E-state index is 13.7. The second kappa shape index (κ2) is 12.1. The fraction of sp³-hybridized carbons (Fsp3) is 0.394. The van der Waals surface area contributed by atoms with Gasteiger partial charge in [-0.2, -0.15) is 0 Å². The molecule has 2 aliphatic rings. The van der Waals surface area contributed by atoms with Gasteiger partial charge in [0.15, 0.2) is 0 Å². The van der Waals surface area contributed by atoms with Crippen LogP contribution in [0.4, 0.5) is 5.69 Å². The summed E-state index contributed by atoms with van der Waals surface area (Å²) in [6, 6.07) is 13.9. The zero-order chi connectivity index (χ0) is 28.2. The Morgan fingerprint density at radius 2 is 1.73 bits per heavy atom. The Morgan fingerprint density at radius 1 is 1.00 bits per heavy atom. The number of hydrogen-bond acceptors (Lipinski definition) is 4. The molecule has 0 bridgehead atoms. The van der Waals surface area contributed by atoms with E-state index in [0.29, 0.717) is 5.57 Å². The third-order valence-corrected chi connectivity index (χ3v) is 8.00. The third-order valence-electron chi connectivity index (χ3n) is 8.00. The fourth-order valence-corrected chi connectivity index (χ4v) is 5.89. The van der Waals surface area contributed by atoms with Gasteiger partial charge in [-0.25, -0.2) is 0 Å². The summed E-state index contributed by atoms with van der Waals surface area (Å²) < 4.78 is 5.29. The first-order valence-electron chi connectivity index (χ1n) is 14.5. The van der Waals surface area contributed by atoms with Gasteiger partial charge in [-0.05, 0) is 92.7 Å². The van der Waals surface area contributed by atoms with E-state index in [4.69, 9.17) is 4.74 Å². The number of fused-ring (bicyclic) bond motifs is 2. The van der Waals surface area contributed by atoms with Crippen molar-refractivity contribution in [3.8, 4) is 16.9 Å². The fourth-order valence-electron chi connectivity index (χ4n) is 5.89. The Balaban J connectivity index is 1.42. The average Bonchev–Trinajstić information content (AvgIpc) is 3.38. The number of aromatic amines is 1. The van der Waals surface area contributed by atoms with E-state index in [1.54, 1.807) is 7.11 Å². The third kappa shape index (κ3) is 5.56. The summed E-state index contributed by atoms with van der Waals surface area (Å²) in [5.74, 6) is 0.763. The van der Waals surface area contributed by atoms with Gasteiger partial charge >= 0.3 is 0 Å². The minimum absolute atomic E-state index is 0.0944. The number of ether oxygens (including phenoxy) is 1. The molecule has 40 heavy (non-hydrogen) atoms. The second-order valence-corrected chi connectivity index (χ2v) is 10.8. The smallest absolute Gasteiger partial charge is 0.256 e. The van der Waals surface area contributed by atoms with E-state index in [-0.39, 0.29) is 11.8 Å². The summed E-state index contributed by atoms with van der Waals surface area (Å²) in [4.78, 5) is 34.8. The molecule has 3 aromatic rings. The summed E-state index contributed by atoms with van der Waals surface area (Å²) in [5, 5.41) is 3.00. The molecule has 2 aliphatic heterocycles. The number of rotatable bonds is 10. The SMILES string of the molecule is CCCN(CCC)CCN1CCCc2[nH]c(/C=C3\C(=O)Nc4ccc(-c5ccc(OC)cc5)cc43)c(C)c2C1=O. The Morgan fingerprint density at radius 3 is 2.42 bits per heavy atom. The van der Waals surface area contributed by atoms with Crippen LogP contribution in [0.2, 0.25) is 0 Å². The van der Waals surface area contributed by atoms with E-state index >= 15 is 0 Å². The van der Waals surface area contributed by atoms with Crippen molar-refractivity contribution in [3.05, 3.63) is 70.5 Å². The van der Waals surface area contributed by atoms with Crippen molar-refractivity contribution >= 4 is 29.2 Å². The number of nitrogens with zero attached hydrogens (tertiary/aromatic N) is 2. The summed E-state index contributed by atoms with van der Waals surface area (Å²) in [6.07, 6.45) is 5.88. The molecule has 7 nitrogen and oxygen atoms in total. The molecule has 7 heteroatoms. The van der Waals surface area contributed by atoms with Crippen LogP contribution in [0.15, 0.2) is 42.5 Å². The number of amides is 2. The van der Waals surface area contributed by atoms with Crippen molar-refractivity contribution in [2.75, 3.05) is 45.2 Å². The van der Waals surface area contributed by atoms with Crippen LogP contribution in [0.1, 0.15) is 66.0 Å². The van der Waals surface area contributed by atoms with Crippen LogP contribution in [-0.2, 0) is 11.2 Å². The summed E-state index contributed by atoms with van der Waals surface area (Å²) >= 11 is 0. The predicted molar refractivity (Wildman–Crippen MR) is 162 cm³/mol. The van der Waals surface area contributed by atoms with Gasteiger partial charge < -0.3 is 24.8 Å². The van der Waals surface area contributed by atoms with E-state index in [2.05, 4.69) is 35.1 Å². The lowest BCUT2D eigenvalue weighted by atomic mass is 9.98. The number of aromatic nitrogens is 1. The number of aryl methyl sites for hydroxylation is 1. The molecule has 1 aromatic heterocycles. The molecule has 0 fully saturated rings. The van der Waals surface area contributed by atoms with Crippen molar-refractivity contribution in [2.45, 2.75) is 46.5 Å². The van der Waals surface area contributed by atoms with E-state index in [1.807, 2.05) is 54.3 Å². The van der Waals surface area contributed by atoms with E-state index in [9.17, 15) is 9.59 Å². The molecule has 0 atom stereocenters. The molecule has 2 amide bonds. The highest BCUT2D eigenvalue weighted by atomic mass is 16.5. The maximum atomic E-state index is 13.7. The van der Waals surface area contributed by atoms with Gasteiger partial charge in [-0.3, -0.25) is 9.59 Å². The van der Waals surface area contributed by atoms with Crippen molar-refractivity contribution in [3.63, 3.8) is 0 Å². The lowest BCUT2D eigenvalue weighted by Crippen LogP contribution is -2.39. The van der Waals surface area contributed by atoms with Crippen LogP contribution in [0.3, 0.4) is 0 Å². The first-order chi connectivity index (χ1) is 19.4. The molecule has 0 radical (unpaired) electrons. The van der Waals surface area contributed by atoms with Crippen LogP contribution in [0.5, 0.6) is 5.75 Å². The number of nitrogens with one attached hydrogen (secondary N) is 2. The molecule has 2 N–H and O–H groups in total. The zero-order valence-corrected chi connectivity index (χ0v) is 24.1. The molecule has 3 heterocycles. The highest BCUT2D eigenvalue weighted by molar-refractivity contribution is 6.35. The maximum Gasteiger partial charge on any atom is 0.256 e. The Kier molecular flexibility index (Phi) is 8.40. The topological polar surface area (TPSA) is 77.7 Å². The molecule has 0 saturated heterocycles. The van der Waals surface area contributed by atoms with Crippen molar-refractivity contribution in [1.29, 1.82) is 0 Å². The monoisotopic (exact) mass is 540 g/mol. The first kappa shape index (κ1) is 27.7. The minimum Gasteiger partial charge on any atom is -0.497 e. The van der Waals surface area contributed by atoms with Crippen LogP contribution in [0, 0.1) is 6.92 Å². The summed E-state index contributed by atoms with van der Waals surface area (Å²) in [5.41, 5.74) is 7.81. The van der Waals surface area contributed by atoms with Crippen LogP contribution < -0.4 is 10.1 Å². The van der Waals surface area contributed by atoms with Gasteiger partial charge in [0.2, 0.25) is 0 Å². The number of hydrogen-bond donors (Lipinski definition) is 2. The van der Waals surface area contributed by atoms with Crippen molar-refractivity contribution in [1.82, 2.24) is 14.8 Å². The number of anilines is 1. The van der Waals surface area contributed by atoms with E-state index < -0.39 is 0 Å². The average molecular weight is 541 g/mol. The minimum atomic E-state index is -0.133. The lowest BCUT2D eigenvalue weighted by Gasteiger charge is -2.26. The van der Waals surface area contributed by atoms with Gasteiger partial charge in [-0.15, -0.1) is 0 Å². The zero-order valence-electron chi connectivity index (χ0n) is 24.1. The van der Waals surface area contributed by atoms with Crippen molar-refractivity contribution < 1.29 is 14.3 Å². The Labute approximate surface area is 237 Å². The number of benzene rings is 2. The number of H-pyrrole nitrogens is 1. The normalized spacial score (nSPS) is 15.8. The molecule has 0 aliphatic carbocycles. The van der Waals surface area contributed by atoms with E-state index in [0.717, 1.165) is 109 Å². The molecule has 210 valence electrons. The quantitative estimate of drug-likeness (QED) is 0.309. The largest absolute Gasteiger partial charge is 0.497 e. The van der Waals surface area contributed by atoms with Crippen LogP contribution in [0.25, 0.3) is 22.8 Å². The van der Waals surface area contributed by atoms with Gasteiger partial charge in [0, 0.05) is 42.3 Å². The van der Waals surface area contributed by atoms with E-state index in [1.165, 1.54) is 0 Å². The van der Waals surface area contributed by atoms with Crippen molar-refractivity contribution in [2.24, 2.45) is 0 Å². The molecule has 0 unspecified atom stereocenters. The molecule has 5 rings (SSSR count). The highest BCUT2D eigenvalue weighted by Gasteiger charge is 2.29. The Bertz CT molecular complexity index is 1410. The van der Waals surface area contributed by atoms with Crippen LogP contribution in [-0.4, -0.2) is 66.4 Å². The van der Waals surface area contributed by atoms with Gasteiger partial charge in [0.1, 0.15) is 5.75 Å². The predicted octanol–water partition coefficient (Wildman–Crippen LogP) is 6.00. The number of carbonyl (C=O) groups is 2. The molecule has 0 saturated carbocycles. The second-order valence-electron chi connectivity index (χ2n) is 10.8. The summed E-state index contributed by atoms with van der Waals surface area (Å²) in [7, 11) is 1.65. The van der Waals surface area contributed by atoms with Gasteiger partial charge in [0.05, 0.1) is 18.2 Å². The standard InChI is InChI=1S/C33H40N4O3/c1-5-15-36(16-6-2)18-19-37-17-7-8-29-31(33(37)39)22(3)30(34-29)21-27-26-20-24(11-14-28(26)35-32(27)38)23-9-12-25(40-4)13-10-23/h9-14,20-21,34H,5-8,15-19H2,1-4H3,(H,35,38)/b27-21-. The molecular weight excluding hydrogens is 500 g/mol. The summed E-state index contributed by atoms with van der Waals surface area (Å²) in [6.45, 7) is 10.9. The first-order valence-corrected chi connectivity index (χ1v) is 14.5. The molecule has 0 spiro atoms. The number of carbonyl (C=O) groups excluding carboxylic acids is 2. The molecular formula is C33H40N4O3.